The van der Waals surface area contributed by atoms with Crippen LogP contribution in [0.4, 0.5) is 0 Å². The summed E-state index contributed by atoms with van der Waals surface area (Å²) in [5, 5.41) is 9.61. The molecule has 4 heteroatoms. The molecule has 114 valence electrons. The second-order valence-corrected chi connectivity index (χ2v) is 5.98. The summed E-state index contributed by atoms with van der Waals surface area (Å²) in [7, 11) is 0. The van der Waals surface area contributed by atoms with Crippen molar-refractivity contribution in [2.75, 3.05) is 13.1 Å². The third kappa shape index (κ3) is 3.09. The fourth-order valence-corrected chi connectivity index (χ4v) is 3.25. The van der Waals surface area contributed by atoms with Crippen LogP contribution in [0.1, 0.15) is 48.5 Å². The standard InChI is InChI=1S/C17H23NO3/c1-3-9-17(16(20)21)10-6-11-18(12-17)15(19)14-8-5-4-7-13(14)2/h4-5,7-8H,3,6,9-12H2,1-2H3,(H,20,21). The Bertz CT molecular complexity index is 537. The largest absolute Gasteiger partial charge is 0.481 e. The Morgan fingerprint density at radius 3 is 2.67 bits per heavy atom. The van der Waals surface area contributed by atoms with E-state index in [1.54, 1.807) is 4.90 Å². The molecule has 0 spiro atoms. The van der Waals surface area contributed by atoms with E-state index in [4.69, 9.17) is 0 Å². The van der Waals surface area contributed by atoms with Gasteiger partial charge < -0.3 is 10.0 Å². The summed E-state index contributed by atoms with van der Waals surface area (Å²) in [6, 6.07) is 7.48. The lowest BCUT2D eigenvalue weighted by Gasteiger charge is -2.40. The molecule has 0 aliphatic carbocycles. The minimum atomic E-state index is -0.772. The highest BCUT2D eigenvalue weighted by Gasteiger charge is 2.42. The second-order valence-electron chi connectivity index (χ2n) is 5.98. The molecule has 1 heterocycles. The topological polar surface area (TPSA) is 57.6 Å². The molecule has 0 radical (unpaired) electrons. The number of rotatable bonds is 4. The van der Waals surface area contributed by atoms with Gasteiger partial charge in [-0.3, -0.25) is 9.59 Å². The number of likely N-dealkylation sites (tertiary alicyclic amines) is 1. The van der Waals surface area contributed by atoms with Crippen LogP contribution in [-0.4, -0.2) is 35.0 Å². The maximum Gasteiger partial charge on any atom is 0.311 e. The summed E-state index contributed by atoms with van der Waals surface area (Å²) in [5.74, 6) is -0.818. The minimum Gasteiger partial charge on any atom is -0.481 e. The van der Waals surface area contributed by atoms with Gasteiger partial charge >= 0.3 is 5.97 Å². The lowest BCUT2D eigenvalue weighted by atomic mass is 9.76. The van der Waals surface area contributed by atoms with E-state index in [9.17, 15) is 14.7 Å². The van der Waals surface area contributed by atoms with E-state index in [-0.39, 0.29) is 5.91 Å². The van der Waals surface area contributed by atoms with E-state index in [2.05, 4.69) is 0 Å². The highest BCUT2D eigenvalue weighted by atomic mass is 16.4. The van der Waals surface area contributed by atoms with Gasteiger partial charge in [-0.1, -0.05) is 31.5 Å². The zero-order valence-electron chi connectivity index (χ0n) is 12.8. The molecule has 1 amide bonds. The van der Waals surface area contributed by atoms with Gasteiger partial charge in [-0.15, -0.1) is 0 Å². The van der Waals surface area contributed by atoms with Crippen molar-refractivity contribution in [1.82, 2.24) is 4.90 Å². The monoisotopic (exact) mass is 289 g/mol. The van der Waals surface area contributed by atoms with Crippen LogP contribution in [0.25, 0.3) is 0 Å². The molecule has 1 aromatic rings. The highest BCUT2D eigenvalue weighted by Crippen LogP contribution is 2.35. The maximum atomic E-state index is 12.7. The number of aliphatic carboxylic acids is 1. The van der Waals surface area contributed by atoms with Crippen molar-refractivity contribution < 1.29 is 14.7 Å². The summed E-state index contributed by atoms with van der Waals surface area (Å²) in [5.41, 5.74) is 0.838. The van der Waals surface area contributed by atoms with Crippen molar-refractivity contribution >= 4 is 11.9 Å². The molecule has 1 atom stereocenters. The number of carbonyl (C=O) groups excluding carboxylic acids is 1. The number of benzene rings is 1. The molecule has 1 unspecified atom stereocenters. The molecule has 1 aromatic carbocycles. The van der Waals surface area contributed by atoms with Gasteiger partial charge in [0, 0.05) is 18.7 Å². The highest BCUT2D eigenvalue weighted by molar-refractivity contribution is 5.96. The SMILES string of the molecule is CCCC1(C(=O)O)CCCN(C(=O)c2ccccc2C)C1. The zero-order chi connectivity index (χ0) is 15.5. The molecule has 1 fully saturated rings. The molecule has 1 saturated heterocycles. The van der Waals surface area contributed by atoms with Gasteiger partial charge in [0.2, 0.25) is 0 Å². The fraction of sp³-hybridized carbons (Fsp3) is 0.529. The average Bonchev–Trinajstić information content (AvgIpc) is 2.47. The van der Waals surface area contributed by atoms with Crippen molar-refractivity contribution in [1.29, 1.82) is 0 Å². The number of carbonyl (C=O) groups is 2. The van der Waals surface area contributed by atoms with Crippen LogP contribution < -0.4 is 0 Å². The molecule has 4 nitrogen and oxygen atoms in total. The fourth-order valence-electron chi connectivity index (χ4n) is 3.25. The number of aryl methyl sites for hydroxylation is 1. The van der Waals surface area contributed by atoms with Gasteiger partial charge in [-0.2, -0.15) is 0 Å². The summed E-state index contributed by atoms with van der Waals surface area (Å²) in [6.45, 7) is 4.87. The number of hydrogen-bond donors (Lipinski definition) is 1. The first-order valence-electron chi connectivity index (χ1n) is 7.58. The average molecular weight is 289 g/mol. The summed E-state index contributed by atoms with van der Waals surface area (Å²) in [6.07, 6.45) is 2.86. The Hall–Kier alpha value is -1.84. The molecular weight excluding hydrogens is 266 g/mol. The third-order valence-electron chi connectivity index (χ3n) is 4.42. The molecule has 1 N–H and O–H groups in total. The lowest BCUT2D eigenvalue weighted by molar-refractivity contribution is -0.152. The van der Waals surface area contributed by atoms with Gasteiger partial charge in [-0.25, -0.2) is 0 Å². The van der Waals surface area contributed by atoms with Crippen LogP contribution in [0.5, 0.6) is 0 Å². The van der Waals surface area contributed by atoms with Gasteiger partial charge in [0.15, 0.2) is 0 Å². The van der Waals surface area contributed by atoms with Gasteiger partial charge in [0.25, 0.3) is 5.91 Å². The summed E-state index contributed by atoms with van der Waals surface area (Å²) < 4.78 is 0. The van der Waals surface area contributed by atoms with Gasteiger partial charge in [0.05, 0.1) is 5.41 Å². The number of piperidine rings is 1. The Kier molecular flexibility index (Phi) is 4.66. The van der Waals surface area contributed by atoms with E-state index in [0.717, 1.165) is 18.4 Å². The second kappa shape index (κ2) is 6.29. The first kappa shape index (κ1) is 15.5. The number of carboxylic acids is 1. The van der Waals surface area contributed by atoms with Crippen molar-refractivity contribution in [3.05, 3.63) is 35.4 Å². The van der Waals surface area contributed by atoms with Crippen LogP contribution in [0.3, 0.4) is 0 Å². The van der Waals surface area contributed by atoms with Crippen molar-refractivity contribution in [2.45, 2.75) is 39.5 Å². The molecule has 21 heavy (non-hydrogen) atoms. The van der Waals surface area contributed by atoms with E-state index in [1.807, 2.05) is 38.1 Å². The molecule has 0 saturated carbocycles. The van der Waals surface area contributed by atoms with Crippen LogP contribution in [-0.2, 0) is 4.79 Å². The number of amides is 1. The molecule has 1 aliphatic heterocycles. The lowest BCUT2D eigenvalue weighted by Crippen LogP contribution is -2.50. The van der Waals surface area contributed by atoms with Crippen LogP contribution in [0.2, 0.25) is 0 Å². The van der Waals surface area contributed by atoms with Gasteiger partial charge in [-0.05, 0) is 37.8 Å². The molecule has 2 rings (SSSR count). The minimum absolute atomic E-state index is 0.0467. The Balaban J connectivity index is 2.23. The summed E-state index contributed by atoms with van der Waals surface area (Å²) in [4.78, 5) is 26.1. The zero-order valence-corrected chi connectivity index (χ0v) is 12.8. The first-order valence-corrected chi connectivity index (χ1v) is 7.58. The smallest absolute Gasteiger partial charge is 0.311 e. The van der Waals surface area contributed by atoms with E-state index >= 15 is 0 Å². The van der Waals surface area contributed by atoms with Crippen LogP contribution in [0.15, 0.2) is 24.3 Å². The maximum absolute atomic E-state index is 12.7. The molecular formula is C17H23NO3. The van der Waals surface area contributed by atoms with Crippen molar-refractivity contribution in [3.63, 3.8) is 0 Å². The number of carboxylic acid groups (broad SMARTS) is 1. The predicted octanol–water partition coefficient (Wildman–Crippen LogP) is 3.10. The Morgan fingerprint density at radius 1 is 1.33 bits per heavy atom. The molecule has 0 aromatic heterocycles. The van der Waals surface area contributed by atoms with Gasteiger partial charge in [0.1, 0.15) is 0 Å². The van der Waals surface area contributed by atoms with E-state index in [1.165, 1.54) is 0 Å². The van der Waals surface area contributed by atoms with E-state index < -0.39 is 11.4 Å². The van der Waals surface area contributed by atoms with Crippen LogP contribution in [0, 0.1) is 12.3 Å². The summed E-state index contributed by atoms with van der Waals surface area (Å²) >= 11 is 0. The predicted molar refractivity (Wildman–Crippen MR) is 81.3 cm³/mol. The number of nitrogens with zero attached hydrogens (tertiary/aromatic N) is 1. The van der Waals surface area contributed by atoms with Crippen molar-refractivity contribution in [2.24, 2.45) is 5.41 Å². The van der Waals surface area contributed by atoms with E-state index in [0.29, 0.717) is 31.5 Å². The quantitative estimate of drug-likeness (QED) is 0.926. The van der Waals surface area contributed by atoms with Crippen molar-refractivity contribution in [3.8, 4) is 0 Å². The normalized spacial score (nSPS) is 22.1. The third-order valence-corrected chi connectivity index (χ3v) is 4.42. The molecule has 1 aliphatic rings. The molecule has 0 bridgehead atoms. The Morgan fingerprint density at radius 2 is 2.05 bits per heavy atom. The Labute approximate surface area is 125 Å². The number of hydrogen-bond acceptors (Lipinski definition) is 2. The first-order chi connectivity index (χ1) is 10.00. The van der Waals surface area contributed by atoms with Crippen LogP contribution >= 0.6 is 0 Å².